The van der Waals surface area contributed by atoms with E-state index in [1.165, 1.54) is 24.4 Å². The maximum atomic E-state index is 15.0. The number of anilines is 1. The number of likely N-dealkylation sites (tertiary alicyclic amines) is 1. The molecule has 232 valence electrons. The molecule has 44 heavy (non-hydrogen) atoms. The third-order valence-corrected chi connectivity index (χ3v) is 7.81. The van der Waals surface area contributed by atoms with Gasteiger partial charge >= 0.3 is 6.18 Å². The number of carbonyl (C=O) groups is 3. The number of H-pyrrole nitrogens is 1. The van der Waals surface area contributed by atoms with Gasteiger partial charge in [0, 0.05) is 67.1 Å². The average Bonchev–Trinajstić information content (AvgIpc) is 3.53. The van der Waals surface area contributed by atoms with Crippen molar-refractivity contribution in [2.24, 2.45) is 5.92 Å². The number of hydrogen-bond donors (Lipinski definition) is 3. The van der Waals surface area contributed by atoms with E-state index in [2.05, 4.69) is 20.5 Å². The third-order valence-electron chi connectivity index (χ3n) is 7.81. The number of piperidine rings is 1. The van der Waals surface area contributed by atoms with Crippen molar-refractivity contribution < 1.29 is 36.7 Å². The Bertz CT molecular complexity index is 1650. The Morgan fingerprint density at radius 1 is 1.11 bits per heavy atom. The number of halogens is 4. The Morgan fingerprint density at radius 2 is 1.91 bits per heavy atom. The van der Waals surface area contributed by atoms with Crippen molar-refractivity contribution in [2.75, 3.05) is 31.6 Å². The van der Waals surface area contributed by atoms with Gasteiger partial charge in [-0.2, -0.15) is 13.2 Å². The number of carbonyl (C=O) groups excluding carboxylic acids is 3. The highest BCUT2D eigenvalue weighted by atomic mass is 19.4. The number of hydrogen-bond acceptors (Lipinski definition) is 6. The van der Waals surface area contributed by atoms with Crippen LogP contribution in [0.2, 0.25) is 0 Å². The van der Waals surface area contributed by atoms with E-state index >= 15 is 4.39 Å². The highest BCUT2D eigenvalue weighted by Gasteiger charge is 2.43. The molecule has 1 aliphatic carbocycles. The Kier molecular flexibility index (Phi) is 8.86. The van der Waals surface area contributed by atoms with Crippen molar-refractivity contribution in [3.05, 3.63) is 81.5 Å². The van der Waals surface area contributed by atoms with E-state index in [9.17, 15) is 32.3 Å². The number of Topliss-reactive ketones (excluding diaryl/α,β-unsaturated/α-hetero) is 1. The molecule has 0 unspecified atom stereocenters. The summed E-state index contributed by atoms with van der Waals surface area (Å²) >= 11 is 0. The molecule has 1 aromatic heterocycles. The minimum Gasteiger partial charge on any atom is -0.493 e. The monoisotopic (exact) mass is 614 g/mol. The molecule has 5 rings (SSSR count). The lowest BCUT2D eigenvalue weighted by atomic mass is 10.0. The van der Waals surface area contributed by atoms with Gasteiger partial charge in [-0.15, -0.1) is 0 Å². The highest BCUT2D eigenvalue weighted by molar-refractivity contribution is 5.98. The zero-order chi connectivity index (χ0) is 31.6. The first-order valence-corrected chi connectivity index (χ1v) is 14.1. The van der Waals surface area contributed by atoms with Crippen molar-refractivity contribution in [2.45, 2.75) is 38.4 Å². The second-order valence-corrected chi connectivity index (χ2v) is 10.8. The lowest BCUT2D eigenvalue weighted by Gasteiger charge is -2.26. The number of rotatable bonds is 10. The van der Waals surface area contributed by atoms with Crippen LogP contribution in [0.1, 0.15) is 41.3 Å². The third kappa shape index (κ3) is 6.99. The molecule has 13 heteroatoms. The van der Waals surface area contributed by atoms with Crippen molar-refractivity contribution in [3.63, 3.8) is 0 Å². The summed E-state index contributed by atoms with van der Waals surface area (Å²) < 4.78 is 61.4. The Morgan fingerprint density at radius 3 is 2.57 bits per heavy atom. The number of pyridine rings is 1. The maximum Gasteiger partial charge on any atom is 0.416 e. The van der Waals surface area contributed by atoms with Crippen LogP contribution < -0.4 is 20.9 Å². The number of fused-ring (bicyclic) bond motifs is 2. The van der Waals surface area contributed by atoms with Gasteiger partial charge in [-0.05, 0) is 48.7 Å². The molecule has 1 aliphatic heterocycles. The Labute approximate surface area is 249 Å². The Hall–Kier alpha value is -4.52. The molecule has 3 aromatic rings. The summed E-state index contributed by atoms with van der Waals surface area (Å²) in [6.45, 7) is 3.26. The molecule has 1 saturated heterocycles. The van der Waals surface area contributed by atoms with Gasteiger partial charge < -0.3 is 20.4 Å². The second kappa shape index (κ2) is 12.6. The number of nitrogens with zero attached hydrogens (tertiary/aromatic N) is 1. The number of nitrogens with one attached hydrogen (secondary N) is 3. The van der Waals surface area contributed by atoms with Crippen LogP contribution in [-0.4, -0.2) is 59.8 Å². The molecule has 0 spiro atoms. The molecule has 3 N–H and O–H groups in total. The number of benzene rings is 2. The van der Waals surface area contributed by atoms with E-state index in [0.717, 1.165) is 18.6 Å². The first-order valence-electron chi connectivity index (χ1n) is 14.1. The molecular formula is C31H30F4N4O5. The van der Waals surface area contributed by atoms with Crippen molar-refractivity contribution in [1.82, 2.24) is 15.2 Å². The summed E-state index contributed by atoms with van der Waals surface area (Å²) in [5.74, 6) is -1.77. The van der Waals surface area contributed by atoms with E-state index in [0.29, 0.717) is 42.8 Å². The molecule has 0 radical (unpaired) electrons. The number of ketones is 1. The SMILES string of the molecule is CCOc1cc(=O)[nH]cc1-c1ccc(CC(=O)Nc2cc(C(=O)NCCN3C[C@@H]4C[C@H]3CC4=O)cc(C(F)(F)F)c2)c(F)c1. The summed E-state index contributed by atoms with van der Waals surface area (Å²) in [6.07, 6.45) is -2.63. The van der Waals surface area contributed by atoms with E-state index in [1.807, 2.05) is 0 Å². The van der Waals surface area contributed by atoms with Crippen LogP contribution in [0, 0.1) is 11.7 Å². The van der Waals surface area contributed by atoms with Gasteiger partial charge in [0.25, 0.3) is 11.5 Å². The number of alkyl halides is 3. The van der Waals surface area contributed by atoms with Crippen LogP contribution in [0.25, 0.3) is 11.1 Å². The van der Waals surface area contributed by atoms with Gasteiger partial charge in [-0.25, -0.2) is 4.39 Å². The molecule has 2 aromatic carbocycles. The van der Waals surface area contributed by atoms with Crippen LogP contribution in [0.4, 0.5) is 23.2 Å². The number of ether oxygens (including phenoxy) is 1. The van der Waals surface area contributed by atoms with Crippen LogP contribution in [0.3, 0.4) is 0 Å². The largest absolute Gasteiger partial charge is 0.493 e. The second-order valence-electron chi connectivity index (χ2n) is 10.8. The van der Waals surface area contributed by atoms with E-state index in [1.54, 1.807) is 6.92 Å². The quantitative estimate of drug-likeness (QED) is 0.295. The van der Waals surface area contributed by atoms with Gasteiger partial charge in [0.15, 0.2) is 0 Å². The highest BCUT2D eigenvalue weighted by Crippen LogP contribution is 2.35. The first kappa shape index (κ1) is 30.9. The molecule has 2 heterocycles. The van der Waals surface area contributed by atoms with Crippen molar-refractivity contribution in [1.29, 1.82) is 0 Å². The van der Waals surface area contributed by atoms with Gasteiger partial charge in [0.05, 0.1) is 18.6 Å². The van der Waals surface area contributed by atoms with Crippen LogP contribution >= 0.6 is 0 Å². The van der Waals surface area contributed by atoms with Gasteiger partial charge in [-0.1, -0.05) is 12.1 Å². The smallest absolute Gasteiger partial charge is 0.416 e. The normalized spacial score (nSPS) is 18.0. The average molecular weight is 615 g/mol. The first-order chi connectivity index (χ1) is 20.9. The molecule has 9 nitrogen and oxygen atoms in total. The Balaban J connectivity index is 1.25. The molecule has 2 aliphatic rings. The van der Waals surface area contributed by atoms with E-state index < -0.39 is 41.4 Å². The molecule has 1 saturated carbocycles. The molecule has 2 bridgehead atoms. The maximum absolute atomic E-state index is 15.0. The molecule has 2 atom stereocenters. The number of aromatic amines is 1. The van der Waals surface area contributed by atoms with E-state index in [4.69, 9.17) is 4.74 Å². The molecule has 2 amide bonds. The van der Waals surface area contributed by atoms with Gasteiger partial charge in [0.1, 0.15) is 17.3 Å². The summed E-state index contributed by atoms with van der Waals surface area (Å²) in [6, 6.07) is 7.96. The van der Waals surface area contributed by atoms with Crippen LogP contribution in [0.5, 0.6) is 5.75 Å². The predicted octanol–water partition coefficient (Wildman–Crippen LogP) is 4.17. The number of aromatic nitrogens is 1. The predicted molar refractivity (Wildman–Crippen MR) is 153 cm³/mol. The standard InChI is InChI=1S/C31H30F4N4O5/c1-2-44-27-14-28(41)37-15-24(27)17-3-4-18(25(32)10-17)11-29(42)38-22-8-19(7-21(12-22)31(33,34)35)30(43)36-5-6-39-16-20-9-23(39)13-26(20)40/h3-4,7-8,10,12,14-15,20,23H,2,5-6,9,11,13,16H2,1H3,(H,36,43)(H,37,41)(H,38,42)/t20-,23-/m0/s1. The zero-order valence-electron chi connectivity index (χ0n) is 23.7. The molecule has 2 fully saturated rings. The van der Waals surface area contributed by atoms with Crippen LogP contribution in [-0.2, 0) is 22.2 Å². The lowest BCUT2D eigenvalue weighted by Crippen LogP contribution is -2.41. The number of amides is 2. The summed E-state index contributed by atoms with van der Waals surface area (Å²) in [7, 11) is 0. The van der Waals surface area contributed by atoms with Gasteiger partial charge in [0.2, 0.25) is 5.91 Å². The van der Waals surface area contributed by atoms with E-state index in [-0.39, 0.29) is 53.5 Å². The summed E-state index contributed by atoms with van der Waals surface area (Å²) in [5.41, 5.74) is -1.29. The minimum atomic E-state index is -4.79. The van der Waals surface area contributed by atoms with Crippen LogP contribution in [0.15, 0.2) is 53.5 Å². The van der Waals surface area contributed by atoms with Crippen molar-refractivity contribution in [3.8, 4) is 16.9 Å². The summed E-state index contributed by atoms with van der Waals surface area (Å²) in [5, 5.41) is 4.95. The fourth-order valence-corrected chi connectivity index (χ4v) is 5.70. The molecular weight excluding hydrogens is 584 g/mol. The minimum absolute atomic E-state index is 0.0145. The fraction of sp³-hybridized carbons (Fsp3) is 0.355. The summed E-state index contributed by atoms with van der Waals surface area (Å²) in [4.78, 5) is 53.5. The lowest BCUT2D eigenvalue weighted by molar-refractivity contribution is -0.137. The topological polar surface area (TPSA) is 121 Å². The zero-order valence-corrected chi connectivity index (χ0v) is 23.7. The fourth-order valence-electron chi connectivity index (χ4n) is 5.70. The van der Waals surface area contributed by atoms with Gasteiger partial charge in [-0.3, -0.25) is 24.1 Å². The van der Waals surface area contributed by atoms with Crippen molar-refractivity contribution >= 4 is 23.3 Å².